The molecule has 10 nitrogen and oxygen atoms in total. The van der Waals surface area contributed by atoms with Gasteiger partial charge in [-0.25, -0.2) is 13.4 Å². The molecular weight excluding hydrogens is 550 g/mol. The number of sulfonamides is 1. The van der Waals surface area contributed by atoms with Crippen LogP contribution in [0.3, 0.4) is 0 Å². The second kappa shape index (κ2) is 11.1. The van der Waals surface area contributed by atoms with E-state index in [2.05, 4.69) is 9.71 Å². The number of non-ortho nitro benzene ring substituents is 1. The maximum absolute atomic E-state index is 12.3. The minimum atomic E-state index is -4.09. The van der Waals surface area contributed by atoms with Crippen LogP contribution >= 0.6 is 11.3 Å². The van der Waals surface area contributed by atoms with E-state index < -0.39 is 25.1 Å². The molecule has 0 amide bonds. The van der Waals surface area contributed by atoms with Crippen LogP contribution in [-0.2, 0) is 20.1 Å². The van der Waals surface area contributed by atoms with Gasteiger partial charge in [0, 0.05) is 23.1 Å². The van der Waals surface area contributed by atoms with Gasteiger partial charge in [0.15, 0.2) is 5.13 Å². The molecule has 13 heteroatoms. The SMILES string of the molecule is O=S(=O)(O)c1ccc2ccccc2c1.O=[N+]([O-])c1cccc(-c2csc(NS(=O)(=O)c3ccccc3)n2)c1. The van der Waals surface area contributed by atoms with Crippen LogP contribution in [0.1, 0.15) is 0 Å². The van der Waals surface area contributed by atoms with Crippen LogP contribution in [0, 0.1) is 10.1 Å². The molecule has 4 aromatic carbocycles. The standard InChI is InChI=1S/C15H11N3O4S2.C10H8O3S/c19-18(20)12-6-4-5-11(9-12)14-10-23-15(16-14)17-24(21,22)13-7-2-1-3-8-13;11-14(12,13)10-6-5-8-3-1-2-4-9(8)7-10/h1-10H,(H,16,17);1-7H,(H,11,12,13). The molecule has 0 fully saturated rings. The summed E-state index contributed by atoms with van der Waals surface area (Å²) in [7, 11) is -7.81. The van der Waals surface area contributed by atoms with E-state index in [-0.39, 0.29) is 20.6 Å². The Morgan fingerprint density at radius 3 is 2.16 bits per heavy atom. The Labute approximate surface area is 222 Å². The highest BCUT2D eigenvalue weighted by Gasteiger charge is 2.16. The van der Waals surface area contributed by atoms with Gasteiger partial charge >= 0.3 is 0 Å². The lowest BCUT2D eigenvalue weighted by Crippen LogP contribution is -2.12. The van der Waals surface area contributed by atoms with E-state index in [0.717, 1.165) is 22.1 Å². The normalized spacial score (nSPS) is 11.4. The Bertz CT molecular complexity index is 1820. The van der Waals surface area contributed by atoms with Gasteiger partial charge in [-0.15, -0.1) is 11.3 Å². The zero-order valence-corrected chi connectivity index (χ0v) is 21.8. The zero-order chi connectivity index (χ0) is 27.3. The Kier molecular flexibility index (Phi) is 7.83. The predicted octanol–water partition coefficient (Wildman–Crippen LogP) is 5.61. The summed E-state index contributed by atoms with van der Waals surface area (Å²) in [5, 5.41) is 14.4. The van der Waals surface area contributed by atoms with Crippen LogP contribution in [0.25, 0.3) is 22.0 Å². The van der Waals surface area contributed by atoms with E-state index in [1.807, 2.05) is 18.2 Å². The highest BCUT2D eigenvalue weighted by Crippen LogP contribution is 2.28. The number of hydrogen-bond acceptors (Lipinski definition) is 8. The van der Waals surface area contributed by atoms with Crippen LogP contribution in [-0.4, -0.2) is 31.3 Å². The molecule has 1 heterocycles. The van der Waals surface area contributed by atoms with Crippen LogP contribution in [0.2, 0.25) is 0 Å². The van der Waals surface area contributed by atoms with Gasteiger partial charge in [-0.1, -0.05) is 60.7 Å². The van der Waals surface area contributed by atoms with Gasteiger partial charge in [-0.3, -0.25) is 19.4 Å². The van der Waals surface area contributed by atoms with Gasteiger partial charge in [0.1, 0.15) is 0 Å². The van der Waals surface area contributed by atoms with Crippen molar-refractivity contribution < 1.29 is 26.3 Å². The summed E-state index contributed by atoms with van der Waals surface area (Å²) in [6.45, 7) is 0. The molecule has 0 atom stereocenters. The van der Waals surface area contributed by atoms with Crippen molar-refractivity contribution in [3.8, 4) is 11.3 Å². The van der Waals surface area contributed by atoms with E-state index in [0.29, 0.717) is 11.3 Å². The third-order valence-corrected chi connectivity index (χ3v) is 8.24. The van der Waals surface area contributed by atoms with Crippen molar-refractivity contribution in [1.82, 2.24) is 4.98 Å². The number of nitro groups is 1. The molecule has 0 aliphatic carbocycles. The van der Waals surface area contributed by atoms with Crippen molar-refractivity contribution in [2.75, 3.05) is 4.72 Å². The first-order valence-corrected chi connectivity index (χ1v) is 14.6. The number of hydrogen-bond donors (Lipinski definition) is 2. The third kappa shape index (κ3) is 6.58. The van der Waals surface area contributed by atoms with Crippen molar-refractivity contribution >= 4 is 53.1 Å². The molecule has 0 bridgehead atoms. The van der Waals surface area contributed by atoms with Gasteiger partial charge in [0.2, 0.25) is 0 Å². The van der Waals surface area contributed by atoms with Crippen molar-refractivity contribution in [2.45, 2.75) is 9.79 Å². The molecule has 5 rings (SSSR count). The molecule has 2 N–H and O–H groups in total. The van der Waals surface area contributed by atoms with E-state index in [4.69, 9.17) is 4.55 Å². The molecule has 194 valence electrons. The van der Waals surface area contributed by atoms with Crippen molar-refractivity contribution in [2.24, 2.45) is 0 Å². The number of thiazole rings is 1. The van der Waals surface area contributed by atoms with Gasteiger partial charge in [-0.2, -0.15) is 8.42 Å². The van der Waals surface area contributed by atoms with Gasteiger partial charge in [0.05, 0.1) is 20.4 Å². The smallest absolute Gasteiger partial charge is 0.282 e. The molecule has 0 aliphatic heterocycles. The number of anilines is 1. The molecule has 38 heavy (non-hydrogen) atoms. The molecular formula is C25H19N3O7S3. The molecule has 5 aromatic rings. The minimum Gasteiger partial charge on any atom is -0.282 e. The summed E-state index contributed by atoms with van der Waals surface area (Å²) in [5.41, 5.74) is 0.965. The molecule has 0 radical (unpaired) electrons. The van der Waals surface area contributed by atoms with Gasteiger partial charge in [0.25, 0.3) is 25.8 Å². The Morgan fingerprint density at radius 1 is 0.789 bits per heavy atom. The van der Waals surface area contributed by atoms with Crippen molar-refractivity contribution in [1.29, 1.82) is 0 Å². The second-order valence-electron chi connectivity index (χ2n) is 7.75. The predicted molar refractivity (Wildman–Crippen MR) is 145 cm³/mol. The van der Waals surface area contributed by atoms with Crippen LogP contribution in [0.4, 0.5) is 10.8 Å². The number of benzene rings is 4. The fourth-order valence-corrected chi connectivity index (χ4v) is 5.84. The summed E-state index contributed by atoms with van der Waals surface area (Å²) in [6.07, 6.45) is 0. The average Bonchev–Trinajstić information content (AvgIpc) is 3.36. The molecule has 0 spiro atoms. The molecule has 0 aliphatic rings. The lowest BCUT2D eigenvalue weighted by Gasteiger charge is -2.04. The maximum atomic E-state index is 12.3. The second-order valence-corrected chi connectivity index (χ2v) is 11.7. The molecule has 1 aromatic heterocycles. The topological polar surface area (TPSA) is 157 Å². The minimum absolute atomic E-state index is 0.0492. The largest absolute Gasteiger partial charge is 0.294 e. The summed E-state index contributed by atoms with van der Waals surface area (Å²) in [4.78, 5) is 14.6. The quantitative estimate of drug-likeness (QED) is 0.152. The van der Waals surface area contributed by atoms with E-state index in [1.165, 1.54) is 36.4 Å². The summed E-state index contributed by atoms with van der Waals surface area (Å²) < 4.78 is 57.4. The number of aromatic nitrogens is 1. The summed E-state index contributed by atoms with van der Waals surface area (Å²) in [6, 6.07) is 25.8. The molecule has 0 unspecified atom stereocenters. The number of nitro benzene ring substituents is 1. The van der Waals surface area contributed by atoms with Crippen molar-refractivity contribution in [3.05, 3.63) is 113 Å². The summed E-state index contributed by atoms with van der Waals surface area (Å²) in [5.74, 6) is 0. The first-order chi connectivity index (χ1) is 18.0. The van der Waals surface area contributed by atoms with E-state index in [1.54, 1.807) is 47.8 Å². The van der Waals surface area contributed by atoms with E-state index in [9.17, 15) is 26.9 Å². The van der Waals surface area contributed by atoms with E-state index >= 15 is 0 Å². The van der Waals surface area contributed by atoms with Crippen molar-refractivity contribution in [3.63, 3.8) is 0 Å². The lowest BCUT2D eigenvalue weighted by molar-refractivity contribution is -0.384. The average molecular weight is 570 g/mol. The third-order valence-electron chi connectivity index (χ3n) is 5.15. The number of fused-ring (bicyclic) bond motifs is 1. The first-order valence-electron chi connectivity index (χ1n) is 10.8. The maximum Gasteiger partial charge on any atom is 0.294 e. The van der Waals surface area contributed by atoms with Gasteiger partial charge in [-0.05, 0) is 35.0 Å². The number of rotatable bonds is 6. The first kappa shape index (κ1) is 26.9. The zero-order valence-electron chi connectivity index (χ0n) is 19.3. The number of nitrogens with zero attached hydrogens (tertiary/aromatic N) is 2. The monoisotopic (exact) mass is 569 g/mol. The Hall–Kier alpha value is -4.17. The summed E-state index contributed by atoms with van der Waals surface area (Å²) >= 11 is 1.11. The Morgan fingerprint density at radius 2 is 1.47 bits per heavy atom. The number of nitrogens with one attached hydrogen (secondary N) is 1. The lowest BCUT2D eigenvalue weighted by atomic mass is 10.1. The Balaban J connectivity index is 0.000000204. The van der Waals surface area contributed by atoms with Crippen LogP contribution < -0.4 is 4.72 Å². The molecule has 0 saturated heterocycles. The highest BCUT2D eigenvalue weighted by molar-refractivity contribution is 7.93. The fraction of sp³-hybridized carbons (Fsp3) is 0. The van der Waals surface area contributed by atoms with Crippen LogP contribution in [0.5, 0.6) is 0 Å². The van der Waals surface area contributed by atoms with Crippen LogP contribution in [0.15, 0.2) is 112 Å². The highest BCUT2D eigenvalue weighted by atomic mass is 32.2. The molecule has 0 saturated carbocycles. The van der Waals surface area contributed by atoms with Gasteiger partial charge < -0.3 is 0 Å². The fourth-order valence-electron chi connectivity index (χ4n) is 3.33.